The standard InChI is InChI=1S/C14H19NO2/c15-13-3-1-11(2-4-13)12-5-7-14(8-6-12)16-9-10-17-14/h1-4,12H,5-10,15H2. The maximum atomic E-state index is 5.74. The normalized spacial score (nSPS) is 24.2. The van der Waals surface area contributed by atoms with Crippen molar-refractivity contribution >= 4 is 5.69 Å². The van der Waals surface area contributed by atoms with E-state index in [-0.39, 0.29) is 5.79 Å². The lowest BCUT2D eigenvalue weighted by Gasteiger charge is -2.35. The molecule has 1 saturated carbocycles. The van der Waals surface area contributed by atoms with E-state index in [2.05, 4.69) is 12.1 Å². The number of benzene rings is 1. The van der Waals surface area contributed by atoms with Gasteiger partial charge in [-0.1, -0.05) is 12.1 Å². The highest BCUT2D eigenvalue weighted by Gasteiger charge is 2.40. The van der Waals surface area contributed by atoms with E-state index < -0.39 is 0 Å². The van der Waals surface area contributed by atoms with Crippen molar-refractivity contribution in [1.82, 2.24) is 0 Å². The molecule has 1 aromatic rings. The minimum absolute atomic E-state index is 0.246. The minimum atomic E-state index is -0.246. The summed E-state index contributed by atoms with van der Waals surface area (Å²) in [5.74, 6) is 0.388. The van der Waals surface area contributed by atoms with E-state index in [1.54, 1.807) is 0 Å². The van der Waals surface area contributed by atoms with Gasteiger partial charge in [0.05, 0.1) is 13.2 Å². The maximum Gasteiger partial charge on any atom is 0.168 e. The van der Waals surface area contributed by atoms with Crippen LogP contribution in [0.25, 0.3) is 0 Å². The zero-order chi connectivity index (χ0) is 11.7. The highest BCUT2D eigenvalue weighted by Crippen LogP contribution is 2.42. The van der Waals surface area contributed by atoms with Gasteiger partial charge < -0.3 is 15.2 Å². The smallest absolute Gasteiger partial charge is 0.168 e. The lowest BCUT2D eigenvalue weighted by Crippen LogP contribution is -2.34. The molecule has 92 valence electrons. The van der Waals surface area contributed by atoms with Gasteiger partial charge in [-0.25, -0.2) is 0 Å². The third kappa shape index (κ3) is 2.17. The third-order valence-corrected chi connectivity index (χ3v) is 3.97. The molecule has 2 N–H and O–H groups in total. The monoisotopic (exact) mass is 233 g/mol. The van der Waals surface area contributed by atoms with Gasteiger partial charge in [0, 0.05) is 18.5 Å². The average Bonchev–Trinajstić information content (AvgIpc) is 2.80. The van der Waals surface area contributed by atoms with Gasteiger partial charge >= 0.3 is 0 Å². The lowest BCUT2D eigenvalue weighted by molar-refractivity contribution is -0.178. The Morgan fingerprint density at radius 3 is 2.18 bits per heavy atom. The first-order valence-electron chi connectivity index (χ1n) is 6.41. The predicted octanol–water partition coefficient (Wildman–Crippen LogP) is 2.67. The van der Waals surface area contributed by atoms with E-state index in [0.717, 1.165) is 44.6 Å². The SMILES string of the molecule is Nc1ccc(C2CCC3(CC2)OCCO3)cc1. The molecule has 1 saturated heterocycles. The van der Waals surface area contributed by atoms with E-state index in [0.29, 0.717) is 5.92 Å². The Labute approximate surface area is 102 Å². The summed E-state index contributed by atoms with van der Waals surface area (Å²) in [7, 11) is 0. The van der Waals surface area contributed by atoms with Crippen LogP contribution in [0.15, 0.2) is 24.3 Å². The van der Waals surface area contributed by atoms with Crippen LogP contribution in [0.2, 0.25) is 0 Å². The van der Waals surface area contributed by atoms with E-state index in [1.165, 1.54) is 5.56 Å². The molecule has 1 heterocycles. The van der Waals surface area contributed by atoms with Crippen LogP contribution in [0.5, 0.6) is 0 Å². The Bertz CT molecular complexity index is 372. The number of hydrogen-bond acceptors (Lipinski definition) is 3. The molecule has 0 atom stereocenters. The number of anilines is 1. The topological polar surface area (TPSA) is 44.5 Å². The second-order valence-corrected chi connectivity index (χ2v) is 5.05. The predicted molar refractivity (Wildman–Crippen MR) is 66.7 cm³/mol. The molecule has 0 radical (unpaired) electrons. The van der Waals surface area contributed by atoms with Gasteiger partial charge in [-0.05, 0) is 36.5 Å². The molecule has 1 spiro atoms. The van der Waals surface area contributed by atoms with Crippen LogP contribution in [0.4, 0.5) is 5.69 Å². The van der Waals surface area contributed by atoms with E-state index >= 15 is 0 Å². The fraction of sp³-hybridized carbons (Fsp3) is 0.571. The summed E-state index contributed by atoms with van der Waals surface area (Å²) < 4.78 is 11.5. The number of rotatable bonds is 1. The van der Waals surface area contributed by atoms with Gasteiger partial charge in [-0.3, -0.25) is 0 Å². The summed E-state index contributed by atoms with van der Waals surface area (Å²) in [5.41, 5.74) is 7.94. The van der Waals surface area contributed by atoms with Gasteiger partial charge in [0.25, 0.3) is 0 Å². The number of nitrogens with two attached hydrogens (primary N) is 1. The van der Waals surface area contributed by atoms with Crippen molar-refractivity contribution in [3.05, 3.63) is 29.8 Å². The Morgan fingerprint density at radius 2 is 1.59 bits per heavy atom. The summed E-state index contributed by atoms with van der Waals surface area (Å²) in [4.78, 5) is 0. The van der Waals surface area contributed by atoms with Crippen LogP contribution < -0.4 is 5.73 Å². The van der Waals surface area contributed by atoms with Gasteiger partial charge in [0.15, 0.2) is 5.79 Å². The Kier molecular flexibility index (Phi) is 2.81. The highest BCUT2D eigenvalue weighted by molar-refractivity contribution is 5.40. The van der Waals surface area contributed by atoms with Crippen molar-refractivity contribution in [2.75, 3.05) is 18.9 Å². The molecule has 1 aromatic carbocycles. The first-order valence-corrected chi connectivity index (χ1v) is 6.41. The van der Waals surface area contributed by atoms with Crippen LogP contribution in [0, 0.1) is 0 Å². The van der Waals surface area contributed by atoms with Gasteiger partial charge in [0.2, 0.25) is 0 Å². The van der Waals surface area contributed by atoms with E-state index in [4.69, 9.17) is 15.2 Å². The van der Waals surface area contributed by atoms with Crippen molar-refractivity contribution in [3.63, 3.8) is 0 Å². The zero-order valence-corrected chi connectivity index (χ0v) is 10.0. The maximum absolute atomic E-state index is 5.74. The van der Waals surface area contributed by atoms with Crippen LogP contribution in [-0.4, -0.2) is 19.0 Å². The fourth-order valence-corrected chi connectivity index (χ4v) is 2.94. The minimum Gasteiger partial charge on any atom is -0.399 e. The molecule has 0 unspecified atom stereocenters. The van der Waals surface area contributed by atoms with Crippen molar-refractivity contribution in [2.24, 2.45) is 0 Å². The Hall–Kier alpha value is -1.06. The first kappa shape index (κ1) is 11.1. The Balaban J connectivity index is 1.66. The summed E-state index contributed by atoms with van der Waals surface area (Å²) in [6.45, 7) is 1.51. The molecular formula is C14H19NO2. The van der Waals surface area contributed by atoms with Gasteiger partial charge in [0.1, 0.15) is 0 Å². The molecule has 2 aliphatic rings. The summed E-state index contributed by atoms with van der Waals surface area (Å²) in [6, 6.07) is 8.27. The van der Waals surface area contributed by atoms with E-state index in [1.807, 2.05) is 12.1 Å². The van der Waals surface area contributed by atoms with Crippen molar-refractivity contribution in [2.45, 2.75) is 37.4 Å². The molecular weight excluding hydrogens is 214 g/mol. The molecule has 0 aromatic heterocycles. The second kappa shape index (κ2) is 4.31. The molecule has 3 rings (SSSR count). The second-order valence-electron chi connectivity index (χ2n) is 5.05. The van der Waals surface area contributed by atoms with Gasteiger partial charge in [-0.2, -0.15) is 0 Å². The first-order chi connectivity index (χ1) is 8.27. The fourth-order valence-electron chi connectivity index (χ4n) is 2.94. The molecule has 3 nitrogen and oxygen atoms in total. The molecule has 17 heavy (non-hydrogen) atoms. The molecule has 1 aliphatic carbocycles. The molecule has 1 aliphatic heterocycles. The Morgan fingerprint density at radius 1 is 1.00 bits per heavy atom. The average molecular weight is 233 g/mol. The number of hydrogen-bond donors (Lipinski definition) is 1. The molecule has 0 amide bonds. The largest absolute Gasteiger partial charge is 0.399 e. The van der Waals surface area contributed by atoms with Crippen molar-refractivity contribution in [1.29, 1.82) is 0 Å². The lowest BCUT2D eigenvalue weighted by atomic mass is 9.81. The van der Waals surface area contributed by atoms with Crippen LogP contribution in [-0.2, 0) is 9.47 Å². The van der Waals surface area contributed by atoms with E-state index in [9.17, 15) is 0 Å². The zero-order valence-electron chi connectivity index (χ0n) is 10.0. The molecule has 0 bridgehead atoms. The van der Waals surface area contributed by atoms with Gasteiger partial charge in [-0.15, -0.1) is 0 Å². The molecule has 2 fully saturated rings. The third-order valence-electron chi connectivity index (χ3n) is 3.97. The van der Waals surface area contributed by atoms with Crippen molar-refractivity contribution < 1.29 is 9.47 Å². The number of ether oxygens (including phenoxy) is 2. The van der Waals surface area contributed by atoms with Crippen molar-refractivity contribution in [3.8, 4) is 0 Å². The van der Waals surface area contributed by atoms with Crippen LogP contribution >= 0.6 is 0 Å². The quantitative estimate of drug-likeness (QED) is 0.758. The summed E-state index contributed by atoms with van der Waals surface area (Å²) in [6.07, 6.45) is 4.32. The summed E-state index contributed by atoms with van der Waals surface area (Å²) >= 11 is 0. The van der Waals surface area contributed by atoms with Crippen LogP contribution in [0.1, 0.15) is 37.2 Å². The number of nitrogen functional groups attached to an aromatic ring is 1. The van der Waals surface area contributed by atoms with Crippen LogP contribution in [0.3, 0.4) is 0 Å². The molecule has 3 heteroatoms. The highest BCUT2D eigenvalue weighted by atomic mass is 16.7. The summed E-state index contributed by atoms with van der Waals surface area (Å²) in [5, 5.41) is 0.